The molecule has 1 heterocycles. The summed E-state index contributed by atoms with van der Waals surface area (Å²) in [5.74, 6) is 0. The van der Waals surface area contributed by atoms with Crippen LogP contribution in [-0.4, -0.2) is 57.7 Å². The molecule has 0 spiro atoms. The minimum absolute atomic E-state index is 0.185. The number of hydrogen-bond acceptors (Lipinski definition) is 6. The predicted octanol–water partition coefficient (Wildman–Crippen LogP) is -0.997. The quantitative estimate of drug-likeness (QED) is 0.560. The smallest absolute Gasteiger partial charge is 0.184 e. The minimum atomic E-state index is -1.48. The fourth-order valence-corrected chi connectivity index (χ4v) is 2.03. The van der Waals surface area contributed by atoms with E-state index in [-0.39, 0.29) is 6.61 Å². The van der Waals surface area contributed by atoms with E-state index in [0.29, 0.717) is 0 Å². The lowest BCUT2D eigenvalue weighted by Gasteiger charge is -2.39. The average molecular weight is 270 g/mol. The average Bonchev–Trinajstić information content (AvgIpc) is 2.44. The Balaban J connectivity index is 2.00. The molecule has 1 aliphatic heterocycles. The van der Waals surface area contributed by atoms with Gasteiger partial charge in [-0.25, -0.2) is 0 Å². The molecule has 0 unspecified atom stereocenters. The van der Waals surface area contributed by atoms with E-state index in [0.717, 1.165) is 5.56 Å². The first-order chi connectivity index (χ1) is 9.13. The largest absolute Gasteiger partial charge is 0.394 e. The number of benzene rings is 1. The Hall–Kier alpha value is -1.02. The van der Waals surface area contributed by atoms with Crippen molar-refractivity contribution in [3.8, 4) is 0 Å². The van der Waals surface area contributed by atoms with E-state index >= 15 is 0 Å². The number of rotatable bonds is 4. The highest BCUT2D eigenvalue weighted by Gasteiger charge is 2.44. The molecule has 1 aromatic rings. The normalized spacial score (nSPS) is 35.3. The van der Waals surface area contributed by atoms with Crippen LogP contribution in [0.5, 0.6) is 0 Å². The molecule has 0 aliphatic carbocycles. The monoisotopic (exact) mass is 270 g/mol. The van der Waals surface area contributed by atoms with Crippen LogP contribution in [0.25, 0.3) is 0 Å². The van der Waals surface area contributed by atoms with E-state index in [1.54, 1.807) is 0 Å². The van der Waals surface area contributed by atoms with Crippen molar-refractivity contribution in [2.24, 2.45) is 0 Å². The van der Waals surface area contributed by atoms with Crippen LogP contribution in [-0.2, 0) is 16.1 Å². The molecule has 1 aliphatic rings. The topological polar surface area (TPSA) is 99.4 Å². The van der Waals surface area contributed by atoms with Gasteiger partial charge in [-0.3, -0.25) is 0 Å². The highest BCUT2D eigenvalue weighted by molar-refractivity contribution is 5.13. The van der Waals surface area contributed by atoms with E-state index < -0.39 is 37.3 Å². The number of ether oxygens (including phenoxy) is 2. The van der Waals surface area contributed by atoms with Gasteiger partial charge in [0, 0.05) is 0 Å². The molecular weight excluding hydrogens is 252 g/mol. The Morgan fingerprint density at radius 2 is 1.74 bits per heavy atom. The van der Waals surface area contributed by atoms with Gasteiger partial charge >= 0.3 is 0 Å². The molecule has 0 bridgehead atoms. The summed E-state index contributed by atoms with van der Waals surface area (Å²) < 4.78 is 10.3. The summed E-state index contributed by atoms with van der Waals surface area (Å²) >= 11 is 0. The van der Waals surface area contributed by atoms with Crippen LogP contribution in [0.4, 0.5) is 0 Å². The maximum absolute atomic E-state index is 9.91. The Kier molecular flexibility index (Phi) is 4.87. The SMILES string of the molecule is OC[C@H]1O[C@H](O)[C@H](O)[C@H](OCc2ccccc2)[C@H]1O. The van der Waals surface area contributed by atoms with Crippen molar-refractivity contribution in [1.82, 2.24) is 0 Å². The zero-order chi connectivity index (χ0) is 13.8. The van der Waals surface area contributed by atoms with Crippen molar-refractivity contribution in [3.05, 3.63) is 35.9 Å². The molecule has 0 amide bonds. The highest BCUT2D eigenvalue weighted by atomic mass is 16.6. The van der Waals surface area contributed by atoms with E-state index in [9.17, 15) is 15.3 Å². The zero-order valence-corrected chi connectivity index (χ0v) is 10.3. The maximum atomic E-state index is 9.91. The third-order valence-electron chi connectivity index (χ3n) is 3.13. The first kappa shape index (κ1) is 14.4. The Bertz CT molecular complexity index is 384. The van der Waals surface area contributed by atoms with Gasteiger partial charge in [0.15, 0.2) is 6.29 Å². The van der Waals surface area contributed by atoms with Crippen molar-refractivity contribution >= 4 is 0 Å². The third kappa shape index (κ3) is 3.30. The van der Waals surface area contributed by atoms with E-state index in [1.807, 2.05) is 30.3 Å². The first-order valence-corrected chi connectivity index (χ1v) is 6.09. The molecule has 1 saturated heterocycles. The Labute approximate surface area is 110 Å². The van der Waals surface area contributed by atoms with Crippen LogP contribution >= 0.6 is 0 Å². The van der Waals surface area contributed by atoms with Gasteiger partial charge in [-0.05, 0) is 5.56 Å². The summed E-state index contributed by atoms with van der Waals surface area (Å²) in [5.41, 5.74) is 0.878. The molecule has 4 N–H and O–H groups in total. The maximum Gasteiger partial charge on any atom is 0.184 e. The summed E-state index contributed by atoms with van der Waals surface area (Å²) in [6.07, 6.45) is -6.03. The van der Waals surface area contributed by atoms with Crippen molar-refractivity contribution in [1.29, 1.82) is 0 Å². The lowest BCUT2D eigenvalue weighted by Crippen LogP contribution is -2.59. The second-order valence-electron chi connectivity index (χ2n) is 4.49. The molecule has 19 heavy (non-hydrogen) atoms. The Morgan fingerprint density at radius 1 is 1.05 bits per heavy atom. The summed E-state index contributed by atoms with van der Waals surface area (Å²) in [6.45, 7) is -0.277. The Morgan fingerprint density at radius 3 is 2.37 bits per heavy atom. The van der Waals surface area contributed by atoms with Gasteiger partial charge in [0.1, 0.15) is 24.4 Å². The molecule has 2 rings (SSSR count). The zero-order valence-electron chi connectivity index (χ0n) is 10.3. The predicted molar refractivity (Wildman–Crippen MR) is 65.0 cm³/mol. The minimum Gasteiger partial charge on any atom is -0.394 e. The standard InChI is InChI=1S/C13H18O6/c14-6-9-10(15)12(11(16)13(17)19-9)18-7-8-4-2-1-3-5-8/h1-5,9-17H,6-7H2/t9-,10+,11-,12-,13+/m1/s1. The van der Waals surface area contributed by atoms with Crippen LogP contribution in [0.15, 0.2) is 30.3 Å². The molecule has 1 aromatic carbocycles. The van der Waals surface area contributed by atoms with Gasteiger partial charge < -0.3 is 29.9 Å². The van der Waals surface area contributed by atoms with Crippen LogP contribution in [0.1, 0.15) is 5.56 Å². The molecule has 0 aromatic heterocycles. The molecule has 1 fully saturated rings. The second-order valence-corrected chi connectivity index (χ2v) is 4.49. The molecule has 0 saturated carbocycles. The van der Waals surface area contributed by atoms with Crippen LogP contribution in [0.2, 0.25) is 0 Å². The molecule has 5 atom stereocenters. The number of hydrogen-bond donors (Lipinski definition) is 4. The fourth-order valence-electron chi connectivity index (χ4n) is 2.03. The van der Waals surface area contributed by atoms with Gasteiger partial charge in [0.05, 0.1) is 13.2 Å². The van der Waals surface area contributed by atoms with Gasteiger partial charge in [-0.1, -0.05) is 30.3 Å². The van der Waals surface area contributed by atoms with E-state index in [1.165, 1.54) is 0 Å². The molecule has 0 radical (unpaired) electrons. The first-order valence-electron chi connectivity index (χ1n) is 6.09. The fraction of sp³-hybridized carbons (Fsp3) is 0.538. The number of aliphatic hydroxyl groups excluding tert-OH is 4. The summed E-state index contributed by atoms with van der Waals surface area (Å²) in [6, 6.07) is 9.26. The van der Waals surface area contributed by atoms with E-state index in [2.05, 4.69) is 0 Å². The summed E-state index contributed by atoms with van der Waals surface area (Å²) in [5, 5.41) is 38.2. The lowest BCUT2D eigenvalue weighted by molar-refractivity contribution is -0.296. The van der Waals surface area contributed by atoms with Crippen molar-refractivity contribution in [3.63, 3.8) is 0 Å². The van der Waals surface area contributed by atoms with Crippen LogP contribution in [0.3, 0.4) is 0 Å². The van der Waals surface area contributed by atoms with Gasteiger partial charge in [0.2, 0.25) is 0 Å². The molecule has 106 valence electrons. The van der Waals surface area contributed by atoms with Crippen molar-refractivity contribution in [2.45, 2.75) is 37.3 Å². The third-order valence-corrected chi connectivity index (χ3v) is 3.13. The van der Waals surface area contributed by atoms with Crippen LogP contribution < -0.4 is 0 Å². The van der Waals surface area contributed by atoms with Crippen molar-refractivity contribution in [2.75, 3.05) is 6.61 Å². The highest BCUT2D eigenvalue weighted by Crippen LogP contribution is 2.23. The van der Waals surface area contributed by atoms with Gasteiger partial charge in [-0.2, -0.15) is 0 Å². The number of aliphatic hydroxyl groups is 4. The molecule has 6 heteroatoms. The molecule has 6 nitrogen and oxygen atoms in total. The molecular formula is C13H18O6. The van der Waals surface area contributed by atoms with E-state index in [4.69, 9.17) is 14.6 Å². The lowest BCUT2D eigenvalue weighted by atomic mass is 9.99. The summed E-state index contributed by atoms with van der Waals surface area (Å²) in [4.78, 5) is 0. The summed E-state index contributed by atoms with van der Waals surface area (Å²) in [7, 11) is 0. The second kappa shape index (κ2) is 6.42. The van der Waals surface area contributed by atoms with Crippen LogP contribution in [0, 0.1) is 0 Å². The van der Waals surface area contributed by atoms with Gasteiger partial charge in [0.25, 0.3) is 0 Å². The van der Waals surface area contributed by atoms with Crippen molar-refractivity contribution < 1.29 is 29.9 Å². The van der Waals surface area contributed by atoms with Gasteiger partial charge in [-0.15, -0.1) is 0 Å².